The van der Waals surface area contributed by atoms with E-state index in [-0.39, 0.29) is 6.42 Å². The predicted molar refractivity (Wildman–Crippen MR) is 86.6 cm³/mol. The number of ketones is 1. The highest BCUT2D eigenvalue weighted by molar-refractivity contribution is 5.99. The van der Waals surface area contributed by atoms with Gasteiger partial charge in [-0.2, -0.15) is 0 Å². The van der Waals surface area contributed by atoms with Crippen molar-refractivity contribution in [2.45, 2.75) is 77.2 Å². The molecule has 1 unspecified atom stereocenters. The van der Waals surface area contributed by atoms with Crippen LogP contribution in [0.25, 0.3) is 0 Å². The molecule has 0 radical (unpaired) electrons. The molecule has 0 aromatic carbocycles. The molecule has 0 bridgehead atoms. The van der Waals surface area contributed by atoms with Crippen LogP contribution in [0.5, 0.6) is 0 Å². The van der Waals surface area contributed by atoms with Crippen LogP contribution in [0.4, 0.5) is 0 Å². The van der Waals surface area contributed by atoms with E-state index < -0.39 is 17.9 Å². The highest BCUT2D eigenvalue weighted by atomic mass is 16.4. The van der Waals surface area contributed by atoms with Crippen molar-refractivity contribution in [1.82, 2.24) is 0 Å². The summed E-state index contributed by atoms with van der Waals surface area (Å²) in [7, 11) is 6.25. The smallest absolute Gasteiger partial charge is 0.167 e. The van der Waals surface area contributed by atoms with Crippen LogP contribution in [0.2, 0.25) is 0 Å². The third kappa shape index (κ3) is 19.1. The van der Waals surface area contributed by atoms with Gasteiger partial charge in [-0.15, -0.1) is 0 Å². The molecule has 0 heterocycles. The normalized spacial score (nSPS) is 11.7. The number of carbonyl (C=O) groups excluding carboxylic acids is 2. The van der Waals surface area contributed by atoms with E-state index in [1.54, 1.807) is 0 Å². The van der Waals surface area contributed by atoms with Crippen molar-refractivity contribution in [3.8, 4) is 0 Å². The number of hydrogen-bond donors (Lipinski definition) is 2. The minimum Gasteiger partial charge on any atom is -0.547 e. The summed E-state index contributed by atoms with van der Waals surface area (Å²) < 4.78 is 0. The highest BCUT2D eigenvalue weighted by Gasteiger charge is 2.14. The first kappa shape index (κ1) is 23.3. The average Bonchev–Trinajstić information content (AvgIpc) is 2.43. The maximum Gasteiger partial charge on any atom is 0.167 e. The Morgan fingerprint density at radius 1 is 0.909 bits per heavy atom. The van der Waals surface area contributed by atoms with E-state index in [1.165, 1.54) is 43.4 Å². The number of quaternary nitrogens is 1. The first-order chi connectivity index (χ1) is 10.3. The molecule has 0 rings (SSSR count). The molecule has 0 aromatic heterocycles. The molecule has 132 valence electrons. The topological polar surface area (TPSA) is 81.9 Å². The van der Waals surface area contributed by atoms with E-state index >= 15 is 0 Å². The van der Waals surface area contributed by atoms with E-state index in [1.807, 2.05) is 0 Å². The van der Waals surface area contributed by atoms with Crippen molar-refractivity contribution in [2.75, 3.05) is 21.1 Å². The summed E-state index contributed by atoms with van der Waals surface area (Å²) in [5.74, 6) is -2.34. The Hall–Kier alpha value is -0.940. The highest BCUT2D eigenvalue weighted by Crippen LogP contribution is 2.10. The molecule has 0 aliphatic heterocycles. The van der Waals surface area contributed by atoms with Crippen LogP contribution in [0.3, 0.4) is 0 Å². The van der Waals surface area contributed by atoms with Gasteiger partial charge in [0.05, 0.1) is 27.1 Å². The van der Waals surface area contributed by atoms with Gasteiger partial charge >= 0.3 is 0 Å². The number of carboxylic acids is 1. The SMILES string of the molecule is CCCCCCCCCCCC(=O)C(O)C(=O)[O-].C[NH+](C)C. The number of carboxylic acid groups (broad SMARTS) is 1. The van der Waals surface area contributed by atoms with Gasteiger partial charge in [0, 0.05) is 6.42 Å². The first-order valence-electron chi connectivity index (χ1n) is 8.51. The number of carbonyl (C=O) groups is 2. The largest absolute Gasteiger partial charge is 0.547 e. The van der Waals surface area contributed by atoms with Crippen LogP contribution in [-0.4, -0.2) is 44.1 Å². The molecule has 2 N–H and O–H groups in total. The average molecular weight is 317 g/mol. The Morgan fingerprint density at radius 2 is 1.27 bits per heavy atom. The molecular weight excluding hydrogens is 282 g/mol. The summed E-state index contributed by atoms with van der Waals surface area (Å²) in [6.45, 7) is 2.19. The summed E-state index contributed by atoms with van der Waals surface area (Å²) in [6, 6.07) is 0. The Kier molecular flexibility index (Phi) is 17.4. The molecule has 22 heavy (non-hydrogen) atoms. The van der Waals surface area contributed by atoms with Crippen molar-refractivity contribution in [3.05, 3.63) is 0 Å². The number of hydrogen-bond acceptors (Lipinski definition) is 4. The summed E-state index contributed by atoms with van der Waals surface area (Å²) in [5, 5.41) is 19.1. The Balaban J connectivity index is 0. The lowest BCUT2D eigenvalue weighted by molar-refractivity contribution is -0.836. The molecule has 0 saturated carbocycles. The van der Waals surface area contributed by atoms with Crippen LogP contribution in [-0.2, 0) is 9.59 Å². The third-order valence-electron chi connectivity index (χ3n) is 3.05. The second-order valence-electron chi connectivity index (χ2n) is 6.27. The second-order valence-corrected chi connectivity index (χ2v) is 6.27. The van der Waals surface area contributed by atoms with Gasteiger partial charge in [0.1, 0.15) is 0 Å². The lowest BCUT2D eigenvalue weighted by atomic mass is 10.0. The number of nitrogens with one attached hydrogen (secondary N) is 1. The molecule has 1 atom stereocenters. The van der Waals surface area contributed by atoms with Crippen molar-refractivity contribution < 1.29 is 24.7 Å². The van der Waals surface area contributed by atoms with Gasteiger partial charge in [-0.1, -0.05) is 58.3 Å². The molecule has 5 heteroatoms. The van der Waals surface area contributed by atoms with Crippen molar-refractivity contribution in [2.24, 2.45) is 0 Å². The molecule has 0 fully saturated rings. The second kappa shape index (κ2) is 16.4. The zero-order valence-corrected chi connectivity index (χ0v) is 14.8. The molecule has 0 spiro atoms. The van der Waals surface area contributed by atoms with Crippen LogP contribution < -0.4 is 10.0 Å². The van der Waals surface area contributed by atoms with E-state index in [4.69, 9.17) is 5.11 Å². The van der Waals surface area contributed by atoms with E-state index in [2.05, 4.69) is 28.1 Å². The van der Waals surface area contributed by atoms with Crippen LogP contribution >= 0.6 is 0 Å². The molecule has 0 aromatic rings. The summed E-state index contributed by atoms with van der Waals surface area (Å²) in [5.41, 5.74) is 0. The molecule has 0 saturated heterocycles. The fraction of sp³-hybridized carbons (Fsp3) is 0.882. The molecule has 0 amide bonds. The number of rotatable bonds is 12. The van der Waals surface area contributed by atoms with Gasteiger partial charge in [0.25, 0.3) is 0 Å². The van der Waals surface area contributed by atoms with Gasteiger partial charge in [0.15, 0.2) is 11.9 Å². The zero-order valence-electron chi connectivity index (χ0n) is 14.8. The predicted octanol–water partition coefficient (Wildman–Crippen LogP) is 0.348. The lowest BCUT2D eigenvalue weighted by Crippen LogP contribution is -3.02. The van der Waals surface area contributed by atoms with E-state index in [0.717, 1.165) is 12.8 Å². The molecule has 5 nitrogen and oxygen atoms in total. The molecular formula is C17H35NO4. The fourth-order valence-corrected chi connectivity index (χ4v) is 1.88. The van der Waals surface area contributed by atoms with Gasteiger partial charge in [-0.25, -0.2) is 0 Å². The first-order valence-corrected chi connectivity index (χ1v) is 8.51. The van der Waals surface area contributed by atoms with Crippen LogP contribution in [0, 0.1) is 0 Å². The third-order valence-corrected chi connectivity index (χ3v) is 3.05. The number of unbranched alkanes of at least 4 members (excludes halogenated alkanes) is 8. The standard InChI is InChI=1S/C14H26O4.C3H9N/c1-2-3-4-5-6-7-8-9-10-11-12(15)13(16)14(17)18;1-4(2)3/h13,16H,2-11H2,1H3,(H,17,18);1-3H3. The van der Waals surface area contributed by atoms with Crippen molar-refractivity contribution in [3.63, 3.8) is 0 Å². The van der Waals surface area contributed by atoms with Crippen molar-refractivity contribution >= 4 is 11.8 Å². The maximum absolute atomic E-state index is 11.1. The maximum atomic E-state index is 11.1. The van der Waals surface area contributed by atoms with Gasteiger partial charge in [-0.3, -0.25) is 4.79 Å². The van der Waals surface area contributed by atoms with Crippen molar-refractivity contribution in [1.29, 1.82) is 0 Å². The van der Waals surface area contributed by atoms with E-state index in [0.29, 0.717) is 6.42 Å². The van der Waals surface area contributed by atoms with E-state index in [9.17, 15) is 14.7 Å². The number of aliphatic hydroxyl groups excluding tert-OH is 1. The summed E-state index contributed by atoms with van der Waals surface area (Å²) in [4.78, 5) is 22.8. The summed E-state index contributed by atoms with van der Waals surface area (Å²) >= 11 is 0. The monoisotopic (exact) mass is 317 g/mol. The number of aliphatic carboxylic acids is 1. The van der Waals surface area contributed by atoms with Gasteiger partial charge < -0.3 is 19.9 Å². The minimum absolute atomic E-state index is 0.130. The van der Waals surface area contributed by atoms with Gasteiger partial charge in [-0.05, 0) is 6.42 Å². The quantitative estimate of drug-likeness (QED) is 0.402. The van der Waals surface area contributed by atoms with Crippen LogP contribution in [0.15, 0.2) is 0 Å². The Labute approximate surface area is 135 Å². The molecule has 0 aliphatic carbocycles. The minimum atomic E-state index is -1.95. The van der Waals surface area contributed by atoms with Gasteiger partial charge in [0.2, 0.25) is 0 Å². The summed E-state index contributed by atoms with van der Waals surface area (Å²) in [6.07, 6.45) is 8.35. The Morgan fingerprint density at radius 3 is 1.64 bits per heavy atom. The number of aliphatic hydroxyl groups is 1. The Bertz CT molecular complexity index is 277. The number of Topliss-reactive ketones (excluding diaryl/α,β-unsaturated/α-hetero) is 1. The fourth-order valence-electron chi connectivity index (χ4n) is 1.88. The zero-order chi connectivity index (χ0) is 17.4. The molecule has 0 aliphatic rings. The van der Waals surface area contributed by atoms with Crippen LogP contribution in [0.1, 0.15) is 71.1 Å². The lowest BCUT2D eigenvalue weighted by Gasteiger charge is -2.09.